The summed E-state index contributed by atoms with van der Waals surface area (Å²) in [5, 5.41) is 8.88. The van der Waals surface area contributed by atoms with Crippen molar-refractivity contribution in [2.45, 2.75) is 31.4 Å². The minimum atomic E-state index is -0.737. The molecule has 0 saturated carbocycles. The molecule has 1 aromatic carbocycles. The Morgan fingerprint density at radius 2 is 2.38 bits per heavy atom. The molecule has 2 unspecified atom stereocenters. The van der Waals surface area contributed by atoms with Crippen LogP contribution in [0.15, 0.2) is 18.2 Å². The number of morpholine rings is 1. The van der Waals surface area contributed by atoms with Gasteiger partial charge < -0.3 is 14.6 Å². The SMILES string of the molecule is COc1ccc2c(c1)CCC1C2OCCN1CCC(=O)O. The summed E-state index contributed by atoms with van der Waals surface area (Å²) in [4.78, 5) is 13.1. The molecule has 1 aliphatic carbocycles. The second-order valence-corrected chi connectivity index (χ2v) is 5.64. The topological polar surface area (TPSA) is 59.0 Å². The van der Waals surface area contributed by atoms with Gasteiger partial charge in [-0.3, -0.25) is 9.69 Å². The van der Waals surface area contributed by atoms with E-state index in [1.807, 2.05) is 6.07 Å². The van der Waals surface area contributed by atoms with E-state index in [0.29, 0.717) is 19.2 Å². The summed E-state index contributed by atoms with van der Waals surface area (Å²) in [5.74, 6) is 0.143. The Labute approximate surface area is 124 Å². The molecule has 1 fully saturated rings. The Bertz CT molecular complexity index is 531. The number of rotatable bonds is 4. The number of carbonyl (C=O) groups is 1. The average Bonchev–Trinajstić information content (AvgIpc) is 2.51. The number of nitrogens with zero attached hydrogens (tertiary/aromatic N) is 1. The number of hydrogen-bond acceptors (Lipinski definition) is 4. The molecule has 0 amide bonds. The third-order valence-corrected chi connectivity index (χ3v) is 4.47. The molecule has 2 atom stereocenters. The summed E-state index contributed by atoms with van der Waals surface area (Å²) in [7, 11) is 1.68. The largest absolute Gasteiger partial charge is 0.497 e. The zero-order valence-electron chi connectivity index (χ0n) is 12.2. The molecule has 0 radical (unpaired) electrons. The number of hydrogen-bond donors (Lipinski definition) is 1. The summed E-state index contributed by atoms with van der Waals surface area (Å²) in [6, 6.07) is 6.44. The molecular formula is C16H21NO4. The van der Waals surface area contributed by atoms with Crippen LogP contribution in [-0.2, 0) is 16.0 Å². The van der Waals surface area contributed by atoms with E-state index >= 15 is 0 Å². The number of aryl methyl sites for hydroxylation is 1. The molecule has 2 aliphatic rings. The summed E-state index contributed by atoms with van der Waals surface area (Å²) in [6.45, 7) is 2.08. The van der Waals surface area contributed by atoms with Crippen LogP contribution in [0, 0.1) is 0 Å². The first-order valence-electron chi connectivity index (χ1n) is 7.43. The third kappa shape index (κ3) is 2.89. The zero-order valence-corrected chi connectivity index (χ0v) is 12.2. The fourth-order valence-electron chi connectivity index (χ4n) is 3.42. The van der Waals surface area contributed by atoms with Gasteiger partial charge in [0.25, 0.3) is 0 Å². The van der Waals surface area contributed by atoms with Crippen molar-refractivity contribution in [1.29, 1.82) is 0 Å². The van der Waals surface area contributed by atoms with Crippen LogP contribution in [-0.4, -0.2) is 48.8 Å². The van der Waals surface area contributed by atoms with E-state index in [9.17, 15) is 4.79 Å². The van der Waals surface area contributed by atoms with Crippen LogP contribution in [0.2, 0.25) is 0 Å². The molecule has 114 valence electrons. The van der Waals surface area contributed by atoms with Gasteiger partial charge in [0, 0.05) is 19.1 Å². The van der Waals surface area contributed by atoms with Gasteiger partial charge >= 0.3 is 5.97 Å². The van der Waals surface area contributed by atoms with Gasteiger partial charge in [0.05, 0.1) is 26.2 Å². The monoisotopic (exact) mass is 291 g/mol. The molecule has 5 heteroatoms. The third-order valence-electron chi connectivity index (χ3n) is 4.47. The van der Waals surface area contributed by atoms with Gasteiger partial charge in [-0.1, -0.05) is 6.07 Å². The summed E-state index contributed by atoms with van der Waals surface area (Å²) in [6.07, 6.45) is 2.24. The highest BCUT2D eigenvalue weighted by Crippen LogP contribution is 2.39. The number of carboxylic acids is 1. The molecule has 1 aromatic rings. The van der Waals surface area contributed by atoms with Gasteiger partial charge in [-0.2, -0.15) is 0 Å². The lowest BCUT2D eigenvalue weighted by Crippen LogP contribution is -2.49. The van der Waals surface area contributed by atoms with Gasteiger partial charge in [-0.25, -0.2) is 0 Å². The Kier molecular flexibility index (Phi) is 4.12. The highest BCUT2D eigenvalue weighted by atomic mass is 16.5. The van der Waals surface area contributed by atoms with Crippen LogP contribution >= 0.6 is 0 Å². The number of benzene rings is 1. The van der Waals surface area contributed by atoms with Crippen LogP contribution < -0.4 is 4.74 Å². The second-order valence-electron chi connectivity index (χ2n) is 5.64. The van der Waals surface area contributed by atoms with Crippen molar-refractivity contribution in [3.05, 3.63) is 29.3 Å². The lowest BCUT2D eigenvalue weighted by atomic mass is 9.84. The lowest BCUT2D eigenvalue weighted by Gasteiger charge is -2.44. The van der Waals surface area contributed by atoms with E-state index in [0.717, 1.165) is 25.1 Å². The Morgan fingerprint density at radius 3 is 3.14 bits per heavy atom. The van der Waals surface area contributed by atoms with Crippen molar-refractivity contribution < 1.29 is 19.4 Å². The fraction of sp³-hybridized carbons (Fsp3) is 0.562. The molecule has 1 heterocycles. The number of aliphatic carboxylic acids is 1. The van der Waals surface area contributed by atoms with Crippen molar-refractivity contribution in [1.82, 2.24) is 4.90 Å². The molecular weight excluding hydrogens is 270 g/mol. The first-order chi connectivity index (χ1) is 10.2. The van der Waals surface area contributed by atoms with Gasteiger partial charge in [-0.05, 0) is 36.1 Å². The normalized spacial score (nSPS) is 25.0. The first kappa shape index (κ1) is 14.4. The van der Waals surface area contributed by atoms with Crippen molar-refractivity contribution >= 4 is 5.97 Å². The Hall–Kier alpha value is -1.59. The number of ether oxygens (including phenoxy) is 2. The molecule has 0 aromatic heterocycles. The van der Waals surface area contributed by atoms with E-state index in [1.54, 1.807) is 7.11 Å². The Morgan fingerprint density at radius 1 is 1.52 bits per heavy atom. The van der Waals surface area contributed by atoms with Crippen LogP contribution in [0.25, 0.3) is 0 Å². The molecule has 3 rings (SSSR count). The molecule has 0 spiro atoms. The number of fused-ring (bicyclic) bond motifs is 3. The standard InChI is InChI=1S/C16H21NO4/c1-20-12-3-4-13-11(10-12)2-5-14-16(13)21-9-8-17(14)7-6-15(18)19/h3-4,10,14,16H,2,5-9H2,1H3,(H,18,19). The molecule has 0 bridgehead atoms. The van der Waals surface area contributed by atoms with E-state index in [2.05, 4.69) is 17.0 Å². The van der Waals surface area contributed by atoms with E-state index in [1.165, 1.54) is 11.1 Å². The average molecular weight is 291 g/mol. The van der Waals surface area contributed by atoms with Crippen LogP contribution in [0.3, 0.4) is 0 Å². The summed E-state index contributed by atoms with van der Waals surface area (Å²) >= 11 is 0. The van der Waals surface area contributed by atoms with Crippen molar-refractivity contribution in [2.75, 3.05) is 26.8 Å². The highest BCUT2D eigenvalue weighted by molar-refractivity contribution is 5.66. The smallest absolute Gasteiger partial charge is 0.304 e. The molecule has 1 aliphatic heterocycles. The Balaban J connectivity index is 1.79. The summed E-state index contributed by atoms with van der Waals surface area (Å²) < 4.78 is 11.3. The van der Waals surface area contributed by atoms with Gasteiger partial charge in [0.2, 0.25) is 0 Å². The maximum Gasteiger partial charge on any atom is 0.304 e. The van der Waals surface area contributed by atoms with Crippen molar-refractivity contribution in [2.24, 2.45) is 0 Å². The number of methoxy groups -OCH3 is 1. The zero-order chi connectivity index (χ0) is 14.8. The first-order valence-corrected chi connectivity index (χ1v) is 7.43. The minimum Gasteiger partial charge on any atom is -0.497 e. The maximum absolute atomic E-state index is 10.8. The van der Waals surface area contributed by atoms with Crippen LogP contribution in [0.1, 0.15) is 30.1 Å². The number of carboxylic acid groups (broad SMARTS) is 1. The van der Waals surface area contributed by atoms with Crippen LogP contribution in [0.4, 0.5) is 0 Å². The van der Waals surface area contributed by atoms with E-state index < -0.39 is 5.97 Å². The van der Waals surface area contributed by atoms with E-state index in [4.69, 9.17) is 14.6 Å². The summed E-state index contributed by atoms with van der Waals surface area (Å²) in [5.41, 5.74) is 2.52. The lowest BCUT2D eigenvalue weighted by molar-refractivity contribution is -0.138. The predicted octanol–water partition coefficient (Wildman–Crippen LogP) is 1.86. The molecule has 1 N–H and O–H groups in total. The van der Waals surface area contributed by atoms with Gasteiger partial charge in [0.1, 0.15) is 5.75 Å². The van der Waals surface area contributed by atoms with Crippen LogP contribution in [0.5, 0.6) is 5.75 Å². The van der Waals surface area contributed by atoms with Crippen molar-refractivity contribution in [3.8, 4) is 5.75 Å². The minimum absolute atomic E-state index is 0.0576. The predicted molar refractivity (Wildman–Crippen MR) is 77.6 cm³/mol. The van der Waals surface area contributed by atoms with Gasteiger partial charge in [-0.15, -0.1) is 0 Å². The molecule has 5 nitrogen and oxygen atoms in total. The second kappa shape index (κ2) is 6.03. The van der Waals surface area contributed by atoms with Gasteiger partial charge in [0.15, 0.2) is 0 Å². The quantitative estimate of drug-likeness (QED) is 0.917. The highest BCUT2D eigenvalue weighted by Gasteiger charge is 2.37. The maximum atomic E-state index is 10.8. The van der Waals surface area contributed by atoms with E-state index in [-0.39, 0.29) is 12.5 Å². The molecule has 1 saturated heterocycles. The molecule has 21 heavy (non-hydrogen) atoms. The van der Waals surface area contributed by atoms with Crippen molar-refractivity contribution in [3.63, 3.8) is 0 Å². The fourth-order valence-corrected chi connectivity index (χ4v) is 3.42.